The fraction of sp³-hybridized carbons (Fsp3) is 0.375. The van der Waals surface area contributed by atoms with Gasteiger partial charge < -0.3 is 9.47 Å². The maximum Gasteiger partial charge on any atom is 0.415 e. The molecule has 0 N–H and O–H groups in total. The third-order valence-electron chi connectivity index (χ3n) is 2.90. The van der Waals surface area contributed by atoms with E-state index in [0.29, 0.717) is 5.69 Å². The van der Waals surface area contributed by atoms with Crippen LogP contribution in [-0.4, -0.2) is 36.2 Å². The summed E-state index contributed by atoms with van der Waals surface area (Å²) >= 11 is 1.77. The second kappa shape index (κ2) is 8.28. The molecule has 0 aliphatic carbocycles. The van der Waals surface area contributed by atoms with Crippen LogP contribution < -0.4 is 4.90 Å². The molecule has 0 saturated heterocycles. The van der Waals surface area contributed by atoms with Crippen LogP contribution in [0.5, 0.6) is 0 Å². The molecule has 136 valence electrons. The van der Waals surface area contributed by atoms with E-state index in [9.17, 15) is 19.7 Å². The van der Waals surface area contributed by atoms with Crippen LogP contribution in [0.15, 0.2) is 24.8 Å². The molecule has 0 fully saturated rings. The molecule has 25 heavy (non-hydrogen) atoms. The van der Waals surface area contributed by atoms with E-state index in [1.807, 2.05) is 0 Å². The first-order valence-electron chi connectivity index (χ1n) is 7.20. The minimum absolute atomic E-state index is 0.101. The number of anilines is 1. The molecule has 1 rings (SSSR count). The Kier molecular flexibility index (Phi) is 6.91. The van der Waals surface area contributed by atoms with Crippen molar-refractivity contribution in [3.05, 3.63) is 44.0 Å². The van der Waals surface area contributed by atoms with Crippen molar-refractivity contribution < 1.29 is 24.0 Å². The van der Waals surface area contributed by atoms with Crippen LogP contribution in [-0.2, 0) is 9.47 Å². The number of amides is 1. The number of nitro groups is 1. The fourth-order valence-corrected chi connectivity index (χ4v) is 2.90. The number of benzene rings is 1. The van der Waals surface area contributed by atoms with Crippen LogP contribution in [0.1, 0.15) is 31.1 Å². The molecule has 0 heterocycles. The van der Waals surface area contributed by atoms with Crippen molar-refractivity contribution in [3.63, 3.8) is 0 Å². The number of nitro benzene ring substituents is 1. The molecule has 0 atom stereocenters. The zero-order valence-electron chi connectivity index (χ0n) is 14.4. The van der Waals surface area contributed by atoms with E-state index in [0.717, 1.165) is 13.2 Å². The first-order valence-corrected chi connectivity index (χ1v) is 8.28. The quantitative estimate of drug-likeness (QED) is 0.216. The minimum Gasteiger partial charge on any atom is -0.465 e. The summed E-state index contributed by atoms with van der Waals surface area (Å²) in [5.41, 5.74) is -1.06. The van der Waals surface area contributed by atoms with E-state index in [2.05, 4.69) is 11.3 Å². The second-order valence-electron chi connectivity index (χ2n) is 5.92. The van der Waals surface area contributed by atoms with Crippen molar-refractivity contribution in [1.82, 2.24) is 0 Å². The van der Waals surface area contributed by atoms with Gasteiger partial charge >= 0.3 is 12.1 Å². The summed E-state index contributed by atoms with van der Waals surface area (Å²) in [4.78, 5) is 36.2. The molecule has 0 aromatic heterocycles. The van der Waals surface area contributed by atoms with Gasteiger partial charge in [0.1, 0.15) is 5.60 Å². The van der Waals surface area contributed by atoms with Crippen molar-refractivity contribution in [1.29, 1.82) is 0 Å². The molecule has 0 unspecified atom stereocenters. The first-order chi connectivity index (χ1) is 11.5. The third kappa shape index (κ3) is 5.15. The van der Waals surface area contributed by atoms with Crippen molar-refractivity contribution >= 4 is 46.0 Å². The standard InChI is InChI=1S/C16H19IN2O6/c1-6-9-18(15(21)25-16(2,3)4)11-8-7-10(19(22)23)12(13(11)17)14(20)24-5/h6-8H,1,9H2,2-5H3. The molecule has 1 aromatic rings. The number of esters is 1. The number of halogens is 1. The molecule has 1 aromatic carbocycles. The van der Waals surface area contributed by atoms with Crippen LogP contribution in [0.2, 0.25) is 0 Å². The average Bonchev–Trinajstić information content (AvgIpc) is 2.50. The molecule has 0 saturated carbocycles. The van der Waals surface area contributed by atoms with E-state index in [-0.39, 0.29) is 15.7 Å². The van der Waals surface area contributed by atoms with E-state index < -0.39 is 28.3 Å². The number of rotatable bonds is 5. The van der Waals surface area contributed by atoms with Gasteiger partial charge in [0.25, 0.3) is 5.69 Å². The normalized spacial score (nSPS) is 10.8. The fourth-order valence-electron chi connectivity index (χ4n) is 1.93. The number of carbonyl (C=O) groups excluding carboxylic acids is 2. The SMILES string of the molecule is C=CCN(C(=O)OC(C)(C)C)c1ccc([N+](=O)[O-])c(C(=O)OC)c1I. The Hall–Kier alpha value is -2.17. The van der Waals surface area contributed by atoms with Crippen LogP contribution in [0.25, 0.3) is 0 Å². The summed E-state index contributed by atoms with van der Waals surface area (Å²) in [5, 5.41) is 11.2. The van der Waals surface area contributed by atoms with Gasteiger partial charge in [-0.15, -0.1) is 6.58 Å². The Morgan fingerprint density at radius 1 is 1.40 bits per heavy atom. The summed E-state index contributed by atoms with van der Waals surface area (Å²) in [6.07, 6.45) is 0.828. The Bertz CT molecular complexity index is 711. The van der Waals surface area contributed by atoms with E-state index in [4.69, 9.17) is 4.74 Å². The highest BCUT2D eigenvalue weighted by Gasteiger charge is 2.31. The van der Waals surface area contributed by atoms with Crippen LogP contribution in [0, 0.1) is 13.7 Å². The van der Waals surface area contributed by atoms with Crippen LogP contribution in [0.3, 0.4) is 0 Å². The molecule has 0 aliphatic heterocycles. The lowest BCUT2D eigenvalue weighted by molar-refractivity contribution is -0.385. The molecule has 0 aliphatic rings. The summed E-state index contributed by atoms with van der Waals surface area (Å²) in [5.74, 6) is -0.860. The Balaban J connectivity index is 3.51. The van der Waals surface area contributed by atoms with Gasteiger partial charge in [0.2, 0.25) is 0 Å². The average molecular weight is 462 g/mol. The largest absolute Gasteiger partial charge is 0.465 e. The predicted molar refractivity (Wildman–Crippen MR) is 101 cm³/mol. The number of methoxy groups -OCH3 is 1. The highest BCUT2D eigenvalue weighted by Crippen LogP contribution is 2.33. The van der Waals surface area contributed by atoms with Gasteiger partial charge in [0.15, 0.2) is 5.56 Å². The van der Waals surface area contributed by atoms with Gasteiger partial charge in [-0.1, -0.05) is 6.08 Å². The van der Waals surface area contributed by atoms with E-state index in [1.54, 1.807) is 43.4 Å². The van der Waals surface area contributed by atoms with Crippen molar-refractivity contribution in [3.8, 4) is 0 Å². The Morgan fingerprint density at radius 3 is 2.44 bits per heavy atom. The first kappa shape index (κ1) is 20.9. The molecule has 0 radical (unpaired) electrons. The number of hydrogen-bond donors (Lipinski definition) is 0. The minimum atomic E-state index is -0.860. The van der Waals surface area contributed by atoms with Crippen molar-refractivity contribution in [2.75, 3.05) is 18.6 Å². The third-order valence-corrected chi connectivity index (χ3v) is 3.99. The van der Waals surface area contributed by atoms with Gasteiger partial charge in [0, 0.05) is 12.6 Å². The summed E-state index contributed by atoms with van der Waals surface area (Å²) in [6.45, 7) is 8.86. The second-order valence-corrected chi connectivity index (χ2v) is 7.00. The van der Waals surface area contributed by atoms with E-state index in [1.165, 1.54) is 17.0 Å². The van der Waals surface area contributed by atoms with E-state index >= 15 is 0 Å². The summed E-state index contributed by atoms with van der Waals surface area (Å²) < 4.78 is 10.2. The van der Waals surface area contributed by atoms with Crippen LogP contribution >= 0.6 is 22.6 Å². The van der Waals surface area contributed by atoms with Crippen molar-refractivity contribution in [2.24, 2.45) is 0 Å². The van der Waals surface area contributed by atoms with Gasteiger partial charge in [-0.25, -0.2) is 9.59 Å². The number of ether oxygens (including phenoxy) is 2. The monoisotopic (exact) mass is 462 g/mol. The molecular weight excluding hydrogens is 443 g/mol. The lowest BCUT2D eigenvalue weighted by atomic mass is 10.1. The highest BCUT2D eigenvalue weighted by molar-refractivity contribution is 14.1. The Morgan fingerprint density at radius 2 is 2.00 bits per heavy atom. The highest BCUT2D eigenvalue weighted by atomic mass is 127. The maximum absolute atomic E-state index is 12.5. The van der Waals surface area contributed by atoms with Gasteiger partial charge in [-0.3, -0.25) is 15.0 Å². The molecule has 9 heteroatoms. The lowest BCUT2D eigenvalue weighted by Crippen LogP contribution is -2.37. The molecule has 0 bridgehead atoms. The van der Waals surface area contributed by atoms with Gasteiger partial charge in [0.05, 0.1) is 21.3 Å². The Labute approximate surface area is 159 Å². The number of carbonyl (C=O) groups is 2. The molecular formula is C16H19IN2O6. The van der Waals surface area contributed by atoms with Crippen LogP contribution in [0.4, 0.5) is 16.2 Å². The summed E-state index contributed by atoms with van der Waals surface area (Å²) in [6, 6.07) is 2.55. The maximum atomic E-state index is 12.5. The van der Waals surface area contributed by atoms with Gasteiger partial charge in [-0.2, -0.15) is 0 Å². The molecule has 1 amide bonds. The predicted octanol–water partition coefficient (Wildman–Crippen LogP) is 3.91. The topological polar surface area (TPSA) is 99.0 Å². The zero-order chi connectivity index (χ0) is 19.4. The summed E-state index contributed by atoms with van der Waals surface area (Å²) in [7, 11) is 1.13. The number of nitrogens with zero attached hydrogens (tertiary/aromatic N) is 2. The molecule has 8 nitrogen and oxygen atoms in total. The molecule has 0 spiro atoms. The van der Waals surface area contributed by atoms with Gasteiger partial charge in [-0.05, 0) is 49.4 Å². The number of hydrogen-bond acceptors (Lipinski definition) is 6. The van der Waals surface area contributed by atoms with Crippen molar-refractivity contribution in [2.45, 2.75) is 26.4 Å². The zero-order valence-corrected chi connectivity index (χ0v) is 16.5. The lowest BCUT2D eigenvalue weighted by Gasteiger charge is -2.27. The smallest absolute Gasteiger partial charge is 0.415 e.